The van der Waals surface area contributed by atoms with Gasteiger partial charge in [-0.15, -0.1) is 0 Å². The Kier molecular flexibility index (Phi) is 3.87. The highest BCUT2D eigenvalue weighted by atomic mass is 15.3. The molecule has 1 saturated heterocycles. The highest BCUT2D eigenvalue weighted by molar-refractivity contribution is 5.25. The van der Waals surface area contributed by atoms with Gasteiger partial charge in [-0.1, -0.05) is 44.2 Å². The maximum Gasteiger partial charge on any atom is 0.0535 e. The van der Waals surface area contributed by atoms with Crippen LogP contribution in [0.15, 0.2) is 30.3 Å². The predicted octanol–water partition coefficient (Wildman–Crippen LogP) is 3.24. The second-order valence-electron chi connectivity index (χ2n) is 7.04. The molecule has 3 rings (SSSR count). The lowest BCUT2D eigenvalue weighted by Crippen LogP contribution is -2.61. The molecule has 0 bridgehead atoms. The summed E-state index contributed by atoms with van der Waals surface area (Å²) in [5, 5.41) is 3.81. The minimum absolute atomic E-state index is 0.102. The first-order chi connectivity index (χ1) is 9.62. The molecule has 2 aliphatic rings. The molecule has 4 atom stereocenters. The third kappa shape index (κ3) is 2.77. The van der Waals surface area contributed by atoms with E-state index < -0.39 is 0 Å². The molecule has 1 aromatic carbocycles. The largest absolute Gasteiger partial charge is 0.305 e. The molecular weight excluding hydrogens is 244 g/mol. The van der Waals surface area contributed by atoms with Crippen molar-refractivity contribution in [1.82, 2.24) is 10.2 Å². The number of benzene rings is 1. The van der Waals surface area contributed by atoms with Crippen molar-refractivity contribution in [2.75, 3.05) is 19.6 Å². The van der Waals surface area contributed by atoms with Gasteiger partial charge in [0.25, 0.3) is 0 Å². The van der Waals surface area contributed by atoms with Crippen LogP contribution in [0.25, 0.3) is 0 Å². The van der Waals surface area contributed by atoms with Gasteiger partial charge in [-0.25, -0.2) is 0 Å². The van der Waals surface area contributed by atoms with E-state index in [2.05, 4.69) is 61.3 Å². The summed E-state index contributed by atoms with van der Waals surface area (Å²) in [6.07, 6.45) is 2.68. The summed E-state index contributed by atoms with van der Waals surface area (Å²) in [5.74, 6) is 1.90. The Morgan fingerprint density at radius 2 is 2.00 bits per heavy atom. The van der Waals surface area contributed by atoms with E-state index in [4.69, 9.17) is 0 Å². The lowest BCUT2D eigenvalue weighted by atomic mass is 9.87. The molecule has 2 nitrogen and oxygen atoms in total. The summed E-state index contributed by atoms with van der Waals surface area (Å²) in [7, 11) is 0. The van der Waals surface area contributed by atoms with Crippen molar-refractivity contribution in [3.8, 4) is 0 Å². The quantitative estimate of drug-likeness (QED) is 0.905. The lowest BCUT2D eigenvalue weighted by Gasteiger charge is -2.46. The zero-order chi connectivity index (χ0) is 14.2. The molecule has 1 aromatic rings. The van der Waals surface area contributed by atoms with E-state index in [-0.39, 0.29) is 5.54 Å². The molecule has 110 valence electrons. The first-order valence-corrected chi connectivity index (χ1v) is 8.17. The minimum atomic E-state index is 0.102. The predicted molar refractivity (Wildman–Crippen MR) is 84.7 cm³/mol. The number of piperazine rings is 1. The van der Waals surface area contributed by atoms with Gasteiger partial charge in [-0.2, -0.15) is 0 Å². The van der Waals surface area contributed by atoms with E-state index in [1.54, 1.807) is 0 Å². The molecule has 1 heterocycles. The zero-order valence-electron chi connectivity index (χ0n) is 13.1. The van der Waals surface area contributed by atoms with Crippen LogP contribution in [0.5, 0.6) is 0 Å². The summed E-state index contributed by atoms with van der Waals surface area (Å²) in [4.78, 5) is 2.75. The van der Waals surface area contributed by atoms with E-state index in [0.29, 0.717) is 6.04 Å². The highest BCUT2D eigenvalue weighted by Crippen LogP contribution is 2.40. The molecule has 1 aliphatic heterocycles. The number of rotatable bonds is 4. The molecule has 0 spiro atoms. The van der Waals surface area contributed by atoms with Crippen molar-refractivity contribution < 1.29 is 0 Å². The molecule has 2 fully saturated rings. The second kappa shape index (κ2) is 5.50. The summed E-state index contributed by atoms with van der Waals surface area (Å²) in [6, 6.07) is 11.6. The molecule has 0 amide bonds. The van der Waals surface area contributed by atoms with E-state index in [0.717, 1.165) is 24.9 Å². The molecule has 1 aliphatic carbocycles. The van der Waals surface area contributed by atoms with E-state index in [1.165, 1.54) is 24.9 Å². The molecular formula is C18H28N2. The van der Waals surface area contributed by atoms with Gasteiger partial charge in [0, 0.05) is 25.7 Å². The smallest absolute Gasteiger partial charge is 0.0535 e. The summed E-state index contributed by atoms with van der Waals surface area (Å²) >= 11 is 0. The fourth-order valence-corrected chi connectivity index (χ4v) is 3.63. The lowest BCUT2D eigenvalue weighted by molar-refractivity contribution is 0.0776. The SMILES string of the molecule is CCC1CNC(C)(c2ccccc2)CN1CC1CC1C. The summed E-state index contributed by atoms with van der Waals surface area (Å²) in [6.45, 7) is 10.6. The molecule has 1 saturated carbocycles. The molecule has 4 unspecified atom stereocenters. The Hall–Kier alpha value is -0.860. The third-order valence-electron chi connectivity index (χ3n) is 5.39. The summed E-state index contributed by atoms with van der Waals surface area (Å²) < 4.78 is 0. The normalized spacial score (nSPS) is 37.9. The van der Waals surface area contributed by atoms with Crippen molar-refractivity contribution in [3.63, 3.8) is 0 Å². The number of hydrogen-bond donors (Lipinski definition) is 1. The monoisotopic (exact) mass is 272 g/mol. The van der Waals surface area contributed by atoms with Crippen molar-refractivity contribution in [2.24, 2.45) is 11.8 Å². The molecule has 2 heteroatoms. The van der Waals surface area contributed by atoms with Crippen LogP contribution in [0.4, 0.5) is 0 Å². The summed E-state index contributed by atoms with van der Waals surface area (Å²) in [5.41, 5.74) is 1.52. The van der Waals surface area contributed by atoms with Gasteiger partial charge in [0.15, 0.2) is 0 Å². The van der Waals surface area contributed by atoms with Crippen LogP contribution in [-0.2, 0) is 5.54 Å². The molecule has 1 N–H and O–H groups in total. The topological polar surface area (TPSA) is 15.3 Å². The highest BCUT2D eigenvalue weighted by Gasteiger charge is 2.40. The Morgan fingerprint density at radius 1 is 1.30 bits per heavy atom. The Balaban J connectivity index is 1.74. The van der Waals surface area contributed by atoms with Gasteiger partial charge in [0.2, 0.25) is 0 Å². The standard InChI is InChI=1S/C18H28N2/c1-4-17-11-19-18(3,16-8-6-5-7-9-16)13-20(17)12-15-10-14(15)2/h5-9,14-15,17,19H,4,10-13H2,1-3H3. The fraction of sp³-hybridized carbons (Fsp3) is 0.667. The zero-order valence-corrected chi connectivity index (χ0v) is 13.1. The van der Waals surface area contributed by atoms with Crippen molar-refractivity contribution in [3.05, 3.63) is 35.9 Å². The van der Waals surface area contributed by atoms with Gasteiger partial charge < -0.3 is 5.32 Å². The number of nitrogens with one attached hydrogen (secondary N) is 1. The van der Waals surface area contributed by atoms with Crippen molar-refractivity contribution in [2.45, 2.75) is 45.2 Å². The minimum Gasteiger partial charge on any atom is -0.305 e. The Morgan fingerprint density at radius 3 is 2.60 bits per heavy atom. The Labute approximate surface area is 123 Å². The first kappa shape index (κ1) is 14.1. The van der Waals surface area contributed by atoms with Crippen LogP contribution in [0, 0.1) is 11.8 Å². The van der Waals surface area contributed by atoms with E-state index in [9.17, 15) is 0 Å². The molecule has 20 heavy (non-hydrogen) atoms. The van der Waals surface area contributed by atoms with Gasteiger partial charge >= 0.3 is 0 Å². The third-order valence-corrected chi connectivity index (χ3v) is 5.39. The van der Waals surface area contributed by atoms with Crippen LogP contribution in [0.3, 0.4) is 0 Å². The maximum atomic E-state index is 3.81. The molecule has 0 aromatic heterocycles. The van der Waals surface area contributed by atoms with Gasteiger partial charge in [0.1, 0.15) is 0 Å². The molecule has 0 radical (unpaired) electrons. The average Bonchev–Trinajstić information content (AvgIpc) is 3.15. The Bertz CT molecular complexity index is 444. The van der Waals surface area contributed by atoms with Crippen LogP contribution >= 0.6 is 0 Å². The van der Waals surface area contributed by atoms with Crippen LogP contribution in [0.1, 0.15) is 39.2 Å². The first-order valence-electron chi connectivity index (χ1n) is 8.17. The second-order valence-corrected chi connectivity index (χ2v) is 7.04. The maximum absolute atomic E-state index is 3.81. The number of hydrogen-bond acceptors (Lipinski definition) is 2. The van der Waals surface area contributed by atoms with Gasteiger partial charge in [0.05, 0.1) is 5.54 Å². The van der Waals surface area contributed by atoms with E-state index in [1.807, 2.05) is 0 Å². The van der Waals surface area contributed by atoms with Crippen molar-refractivity contribution >= 4 is 0 Å². The van der Waals surface area contributed by atoms with Gasteiger partial charge in [-0.05, 0) is 37.2 Å². The number of nitrogens with zero attached hydrogens (tertiary/aromatic N) is 1. The van der Waals surface area contributed by atoms with Crippen molar-refractivity contribution in [1.29, 1.82) is 0 Å². The fourth-order valence-electron chi connectivity index (χ4n) is 3.63. The van der Waals surface area contributed by atoms with E-state index >= 15 is 0 Å². The van der Waals surface area contributed by atoms with Crippen LogP contribution in [0.2, 0.25) is 0 Å². The van der Waals surface area contributed by atoms with Crippen LogP contribution < -0.4 is 5.32 Å². The van der Waals surface area contributed by atoms with Gasteiger partial charge in [-0.3, -0.25) is 4.90 Å². The average molecular weight is 272 g/mol. The van der Waals surface area contributed by atoms with Crippen LogP contribution in [-0.4, -0.2) is 30.6 Å².